The van der Waals surface area contributed by atoms with Gasteiger partial charge in [-0.1, -0.05) is 0 Å². The smallest absolute Gasteiger partial charge is 0.162 e. The highest BCUT2D eigenvalue weighted by atomic mass is 16.7. The maximum atomic E-state index is 12.1. The van der Waals surface area contributed by atoms with Crippen molar-refractivity contribution in [3.8, 4) is 0 Å². The molecule has 0 unspecified atom stereocenters. The summed E-state index contributed by atoms with van der Waals surface area (Å²) in [4.78, 5) is 12.1. The molecule has 3 aliphatic rings. The molecule has 106 valence electrons. The van der Waals surface area contributed by atoms with Crippen molar-refractivity contribution in [2.45, 2.75) is 18.3 Å². The van der Waals surface area contributed by atoms with Gasteiger partial charge in [-0.15, -0.1) is 0 Å². The third kappa shape index (κ3) is 2.04. The zero-order valence-corrected chi connectivity index (χ0v) is 11.0. The Kier molecular flexibility index (Phi) is 3.68. The van der Waals surface area contributed by atoms with E-state index in [4.69, 9.17) is 23.7 Å². The molecule has 0 spiro atoms. The molecule has 0 aromatic carbocycles. The minimum absolute atomic E-state index is 0.0937. The first-order chi connectivity index (χ1) is 9.27. The van der Waals surface area contributed by atoms with Gasteiger partial charge in [0.1, 0.15) is 19.7 Å². The fourth-order valence-electron chi connectivity index (χ4n) is 3.37. The highest BCUT2D eigenvalue weighted by molar-refractivity contribution is 5.97. The highest BCUT2D eigenvalue weighted by Gasteiger charge is 2.61. The van der Waals surface area contributed by atoms with Crippen molar-refractivity contribution in [3.63, 3.8) is 0 Å². The summed E-state index contributed by atoms with van der Waals surface area (Å²) in [6.07, 6.45) is 0.942. The quantitative estimate of drug-likeness (QED) is 0.639. The monoisotopic (exact) mass is 270 g/mol. The Hall–Kier alpha value is -0.790. The molecule has 3 rings (SSSR count). The lowest BCUT2D eigenvalue weighted by atomic mass is 9.94. The molecule has 1 heterocycles. The van der Waals surface area contributed by atoms with Crippen molar-refractivity contribution >= 4 is 5.78 Å². The zero-order valence-electron chi connectivity index (χ0n) is 11.0. The first-order valence-electron chi connectivity index (χ1n) is 6.35. The Morgan fingerprint density at radius 1 is 1.16 bits per heavy atom. The van der Waals surface area contributed by atoms with Gasteiger partial charge in [0.2, 0.25) is 0 Å². The lowest BCUT2D eigenvalue weighted by molar-refractivity contribution is -0.176. The molecule has 6 nitrogen and oxygen atoms in total. The zero-order chi connectivity index (χ0) is 13.4. The summed E-state index contributed by atoms with van der Waals surface area (Å²) in [6.45, 7) is 0.807. The third-order valence-electron chi connectivity index (χ3n) is 4.03. The van der Waals surface area contributed by atoms with E-state index in [1.807, 2.05) is 0 Å². The molecule has 6 heteroatoms. The van der Waals surface area contributed by atoms with E-state index in [-0.39, 0.29) is 49.5 Å². The fourth-order valence-corrected chi connectivity index (χ4v) is 3.37. The van der Waals surface area contributed by atoms with Crippen LogP contribution in [0.5, 0.6) is 0 Å². The van der Waals surface area contributed by atoms with Crippen LogP contribution in [0.15, 0.2) is 11.6 Å². The Labute approximate surface area is 111 Å². The summed E-state index contributed by atoms with van der Waals surface area (Å²) in [5.41, 5.74) is 1.06. The van der Waals surface area contributed by atoms with Crippen LogP contribution in [0.4, 0.5) is 0 Å². The van der Waals surface area contributed by atoms with Crippen molar-refractivity contribution in [2.24, 2.45) is 11.8 Å². The first-order valence-corrected chi connectivity index (χ1v) is 6.35. The van der Waals surface area contributed by atoms with Crippen molar-refractivity contribution in [1.82, 2.24) is 0 Å². The van der Waals surface area contributed by atoms with E-state index in [0.717, 1.165) is 5.57 Å². The van der Waals surface area contributed by atoms with Crippen LogP contribution in [0.1, 0.15) is 0 Å². The van der Waals surface area contributed by atoms with Gasteiger partial charge in [-0.05, 0) is 11.6 Å². The van der Waals surface area contributed by atoms with Gasteiger partial charge >= 0.3 is 0 Å². The second kappa shape index (κ2) is 5.30. The molecule has 1 aliphatic heterocycles. The molecule has 0 amide bonds. The lowest BCUT2D eigenvalue weighted by Gasteiger charge is -2.25. The Balaban J connectivity index is 1.81. The van der Waals surface area contributed by atoms with Gasteiger partial charge in [-0.25, -0.2) is 0 Å². The molecule has 2 aliphatic carbocycles. The average Bonchev–Trinajstić information content (AvgIpc) is 3.01. The number of allylic oxidation sites excluding steroid dienone is 1. The van der Waals surface area contributed by atoms with Crippen molar-refractivity contribution < 1.29 is 28.5 Å². The summed E-state index contributed by atoms with van der Waals surface area (Å²) in [5.74, 6) is -0.00589. The van der Waals surface area contributed by atoms with Gasteiger partial charge in [0, 0.05) is 20.1 Å². The van der Waals surface area contributed by atoms with Gasteiger partial charge < -0.3 is 23.7 Å². The predicted molar refractivity (Wildman–Crippen MR) is 63.3 cm³/mol. The van der Waals surface area contributed by atoms with Gasteiger partial charge in [0.15, 0.2) is 5.78 Å². The SMILES string of the molecule is COCO[C@@H]1[C@H](OCOC)[C@H]2C(=O)C=C3CO[C@@H]1[C@H]32. The number of hydrogen-bond acceptors (Lipinski definition) is 6. The van der Waals surface area contributed by atoms with Crippen LogP contribution in [0.25, 0.3) is 0 Å². The van der Waals surface area contributed by atoms with Gasteiger partial charge in [0.25, 0.3) is 0 Å². The van der Waals surface area contributed by atoms with Gasteiger partial charge in [-0.2, -0.15) is 0 Å². The van der Waals surface area contributed by atoms with E-state index in [9.17, 15) is 4.79 Å². The normalized spacial score (nSPS) is 39.8. The standard InChI is InChI=1S/C13H18O6/c1-15-5-18-12-10-8(14)3-7-4-17-11(9(7)10)13(12)19-6-16-2/h3,9-13H,4-6H2,1-2H3/t9-,10+,11-,12-,13+/m1/s1. The Morgan fingerprint density at radius 2 is 1.84 bits per heavy atom. The van der Waals surface area contributed by atoms with E-state index in [1.165, 1.54) is 0 Å². The number of ketones is 1. The van der Waals surface area contributed by atoms with Crippen LogP contribution in [0.2, 0.25) is 0 Å². The van der Waals surface area contributed by atoms with Crippen molar-refractivity contribution in [1.29, 1.82) is 0 Å². The molecule has 2 fully saturated rings. The maximum Gasteiger partial charge on any atom is 0.162 e. The maximum absolute atomic E-state index is 12.1. The number of methoxy groups -OCH3 is 2. The topological polar surface area (TPSA) is 63.2 Å². The molecule has 5 atom stereocenters. The van der Waals surface area contributed by atoms with Crippen LogP contribution in [0, 0.1) is 11.8 Å². The summed E-state index contributed by atoms with van der Waals surface area (Å²) in [6, 6.07) is 0. The molecular weight excluding hydrogens is 252 g/mol. The minimum Gasteiger partial charge on any atom is -0.370 e. The molecule has 1 saturated carbocycles. The van der Waals surface area contributed by atoms with Crippen LogP contribution < -0.4 is 0 Å². The second-order valence-corrected chi connectivity index (χ2v) is 5.02. The highest BCUT2D eigenvalue weighted by Crippen LogP contribution is 2.50. The Morgan fingerprint density at radius 3 is 2.53 bits per heavy atom. The van der Waals surface area contributed by atoms with Crippen LogP contribution >= 0.6 is 0 Å². The van der Waals surface area contributed by atoms with Crippen LogP contribution in [-0.4, -0.2) is 58.5 Å². The van der Waals surface area contributed by atoms with Crippen molar-refractivity contribution in [2.75, 3.05) is 34.4 Å². The van der Waals surface area contributed by atoms with E-state index < -0.39 is 0 Å². The number of rotatable bonds is 6. The molecule has 0 N–H and O–H groups in total. The number of carbonyl (C=O) groups is 1. The summed E-state index contributed by atoms with van der Waals surface area (Å²) in [5, 5.41) is 0. The minimum atomic E-state index is -0.341. The largest absolute Gasteiger partial charge is 0.370 e. The molecule has 19 heavy (non-hydrogen) atoms. The summed E-state index contributed by atoms with van der Waals surface area (Å²) in [7, 11) is 3.12. The first kappa shape index (κ1) is 13.2. The van der Waals surface area contributed by atoms with Crippen molar-refractivity contribution in [3.05, 3.63) is 11.6 Å². The van der Waals surface area contributed by atoms with Crippen LogP contribution in [0.3, 0.4) is 0 Å². The number of ether oxygens (including phenoxy) is 5. The van der Waals surface area contributed by atoms with E-state index in [0.29, 0.717) is 6.61 Å². The van der Waals surface area contributed by atoms with Gasteiger partial charge in [0.05, 0.1) is 24.7 Å². The number of hydrogen-bond donors (Lipinski definition) is 0. The van der Waals surface area contributed by atoms with E-state index in [2.05, 4.69) is 0 Å². The molecule has 0 radical (unpaired) electrons. The fraction of sp³-hybridized carbons (Fsp3) is 0.769. The second-order valence-electron chi connectivity index (χ2n) is 5.02. The third-order valence-corrected chi connectivity index (χ3v) is 4.03. The molecule has 1 saturated heterocycles. The summed E-state index contributed by atoms with van der Waals surface area (Å²) < 4.78 is 27.0. The Bertz CT molecular complexity index is 393. The molecule has 0 aromatic heterocycles. The molecule has 0 bridgehead atoms. The predicted octanol–water partition coefficient (Wildman–Crippen LogP) is 0.119. The van der Waals surface area contributed by atoms with E-state index >= 15 is 0 Å². The number of carbonyl (C=O) groups excluding carboxylic acids is 1. The van der Waals surface area contributed by atoms with Crippen LogP contribution in [-0.2, 0) is 28.5 Å². The van der Waals surface area contributed by atoms with E-state index in [1.54, 1.807) is 20.3 Å². The molecular formula is C13H18O6. The summed E-state index contributed by atoms with van der Waals surface area (Å²) >= 11 is 0. The average molecular weight is 270 g/mol. The molecule has 0 aromatic rings. The lowest BCUT2D eigenvalue weighted by Crippen LogP contribution is -2.39. The van der Waals surface area contributed by atoms with Gasteiger partial charge in [-0.3, -0.25) is 4.79 Å².